The molecule has 21 heavy (non-hydrogen) atoms. The van der Waals surface area contributed by atoms with E-state index in [-0.39, 0.29) is 24.8 Å². The number of hydrazine groups is 1. The van der Waals surface area contributed by atoms with Crippen LogP contribution in [0.1, 0.15) is 31.2 Å². The van der Waals surface area contributed by atoms with Crippen LogP contribution in [0.2, 0.25) is 0 Å². The molecule has 1 aliphatic carbocycles. The molecule has 118 valence electrons. The Balaban J connectivity index is 2.07. The highest BCUT2D eigenvalue weighted by molar-refractivity contribution is 9.10. The van der Waals surface area contributed by atoms with Crippen molar-refractivity contribution in [3.8, 4) is 5.75 Å². The van der Waals surface area contributed by atoms with Crippen LogP contribution in [-0.2, 0) is 6.42 Å². The van der Waals surface area contributed by atoms with Crippen LogP contribution >= 0.6 is 15.9 Å². The van der Waals surface area contributed by atoms with Gasteiger partial charge in [0, 0.05) is 23.4 Å². The maximum absolute atomic E-state index is 13.3. The second kappa shape index (κ2) is 7.03. The number of nitrogens with one attached hydrogen (secondary N) is 1. The normalized spacial score (nSPS) is 20.2. The summed E-state index contributed by atoms with van der Waals surface area (Å²) < 4.78 is 32.9. The Morgan fingerprint density at radius 3 is 2.67 bits per heavy atom. The Bertz CT molecular complexity index is 475. The van der Waals surface area contributed by atoms with E-state index in [0.717, 1.165) is 15.8 Å². The van der Waals surface area contributed by atoms with Gasteiger partial charge in [-0.05, 0) is 48.9 Å². The summed E-state index contributed by atoms with van der Waals surface area (Å²) in [6, 6.07) is 5.76. The van der Waals surface area contributed by atoms with E-state index < -0.39 is 5.92 Å². The summed E-state index contributed by atoms with van der Waals surface area (Å²) in [6.45, 7) is 0. The van der Waals surface area contributed by atoms with Crippen LogP contribution in [0.4, 0.5) is 8.78 Å². The molecular weight excluding hydrogens is 342 g/mol. The van der Waals surface area contributed by atoms with Gasteiger partial charge in [0.25, 0.3) is 0 Å². The van der Waals surface area contributed by atoms with Gasteiger partial charge in [0.1, 0.15) is 5.75 Å². The summed E-state index contributed by atoms with van der Waals surface area (Å²) in [5, 5.41) is 0. The molecule has 1 aromatic carbocycles. The molecule has 1 fully saturated rings. The van der Waals surface area contributed by atoms with Gasteiger partial charge in [0.15, 0.2) is 0 Å². The minimum Gasteiger partial charge on any atom is -0.496 e. The van der Waals surface area contributed by atoms with Crippen molar-refractivity contribution < 1.29 is 13.5 Å². The first-order chi connectivity index (χ1) is 9.95. The lowest BCUT2D eigenvalue weighted by atomic mass is 9.80. The van der Waals surface area contributed by atoms with Crippen LogP contribution in [0.5, 0.6) is 5.75 Å². The summed E-state index contributed by atoms with van der Waals surface area (Å²) in [7, 11) is 1.62. The molecule has 0 aliphatic heterocycles. The number of methoxy groups -OCH3 is 1. The van der Waals surface area contributed by atoms with Crippen molar-refractivity contribution >= 4 is 15.9 Å². The summed E-state index contributed by atoms with van der Waals surface area (Å²) in [6.07, 6.45) is 1.56. The zero-order valence-corrected chi connectivity index (χ0v) is 13.6. The molecule has 0 bridgehead atoms. The average Bonchev–Trinajstić information content (AvgIpc) is 2.45. The van der Waals surface area contributed by atoms with Crippen molar-refractivity contribution in [1.82, 2.24) is 5.43 Å². The molecule has 1 aromatic rings. The van der Waals surface area contributed by atoms with Crippen LogP contribution in [0.3, 0.4) is 0 Å². The molecule has 0 radical (unpaired) electrons. The predicted molar refractivity (Wildman–Crippen MR) is 82.4 cm³/mol. The zero-order chi connectivity index (χ0) is 15.5. The van der Waals surface area contributed by atoms with Gasteiger partial charge in [-0.15, -0.1) is 0 Å². The van der Waals surface area contributed by atoms with Crippen LogP contribution in [-0.4, -0.2) is 19.1 Å². The van der Waals surface area contributed by atoms with E-state index in [9.17, 15) is 8.78 Å². The zero-order valence-electron chi connectivity index (χ0n) is 12.0. The maximum Gasteiger partial charge on any atom is 0.248 e. The molecule has 0 spiro atoms. The molecular formula is C15H21BrF2N2O. The molecule has 1 saturated carbocycles. The average molecular weight is 363 g/mol. The second-order valence-electron chi connectivity index (χ2n) is 5.63. The number of ether oxygens (including phenoxy) is 1. The quantitative estimate of drug-likeness (QED) is 0.620. The minimum absolute atomic E-state index is 0.0238. The van der Waals surface area contributed by atoms with E-state index in [2.05, 4.69) is 21.4 Å². The lowest BCUT2D eigenvalue weighted by Crippen LogP contribution is -2.44. The molecule has 0 amide bonds. The summed E-state index contributed by atoms with van der Waals surface area (Å²) in [5.74, 6) is 4.10. The van der Waals surface area contributed by atoms with E-state index in [0.29, 0.717) is 19.3 Å². The fraction of sp³-hybridized carbons (Fsp3) is 0.600. The van der Waals surface area contributed by atoms with Gasteiger partial charge < -0.3 is 4.74 Å². The minimum atomic E-state index is -2.51. The Morgan fingerprint density at radius 2 is 2.10 bits per heavy atom. The maximum atomic E-state index is 13.3. The third-order valence-electron chi connectivity index (χ3n) is 4.23. The highest BCUT2D eigenvalue weighted by atomic mass is 79.9. The van der Waals surface area contributed by atoms with Gasteiger partial charge in [-0.25, -0.2) is 8.78 Å². The molecule has 0 heterocycles. The summed E-state index contributed by atoms with van der Waals surface area (Å²) in [4.78, 5) is 0. The first-order valence-corrected chi connectivity index (χ1v) is 7.91. The van der Waals surface area contributed by atoms with Gasteiger partial charge >= 0.3 is 0 Å². The van der Waals surface area contributed by atoms with Crippen molar-refractivity contribution in [3.05, 3.63) is 28.2 Å². The SMILES string of the molecule is COc1ccc(Br)cc1CC(NN)C1CCC(F)(F)CC1. The van der Waals surface area contributed by atoms with E-state index in [4.69, 9.17) is 10.6 Å². The Kier molecular flexibility index (Phi) is 5.57. The van der Waals surface area contributed by atoms with Crippen molar-refractivity contribution in [2.75, 3.05) is 7.11 Å². The summed E-state index contributed by atoms with van der Waals surface area (Å²) in [5.41, 5.74) is 3.82. The molecule has 3 N–H and O–H groups in total. The first-order valence-electron chi connectivity index (χ1n) is 7.11. The Morgan fingerprint density at radius 1 is 1.43 bits per heavy atom. The van der Waals surface area contributed by atoms with Gasteiger partial charge in [0.05, 0.1) is 7.11 Å². The van der Waals surface area contributed by atoms with Gasteiger partial charge in [0.2, 0.25) is 5.92 Å². The number of nitrogens with two attached hydrogens (primary N) is 1. The lowest BCUT2D eigenvalue weighted by molar-refractivity contribution is -0.0495. The smallest absolute Gasteiger partial charge is 0.248 e. The first kappa shape index (κ1) is 16.6. The van der Waals surface area contributed by atoms with Gasteiger partial charge in [-0.3, -0.25) is 11.3 Å². The van der Waals surface area contributed by atoms with Crippen LogP contribution in [0, 0.1) is 5.92 Å². The van der Waals surface area contributed by atoms with E-state index in [1.165, 1.54) is 0 Å². The highest BCUT2D eigenvalue weighted by Crippen LogP contribution is 2.38. The number of hydrogen-bond donors (Lipinski definition) is 2. The predicted octanol–water partition coefficient (Wildman–Crippen LogP) is 3.66. The van der Waals surface area contributed by atoms with E-state index in [1.54, 1.807) is 7.11 Å². The number of rotatable bonds is 5. The van der Waals surface area contributed by atoms with Crippen molar-refractivity contribution in [2.45, 2.75) is 44.1 Å². The largest absolute Gasteiger partial charge is 0.496 e. The summed E-state index contributed by atoms with van der Waals surface area (Å²) >= 11 is 3.44. The molecule has 0 saturated heterocycles. The van der Waals surface area contributed by atoms with Crippen molar-refractivity contribution in [3.63, 3.8) is 0 Å². The Hall–Kier alpha value is -0.720. The fourth-order valence-electron chi connectivity index (χ4n) is 2.97. The number of halogens is 3. The third kappa shape index (κ3) is 4.37. The molecule has 6 heteroatoms. The highest BCUT2D eigenvalue weighted by Gasteiger charge is 2.37. The monoisotopic (exact) mass is 362 g/mol. The third-order valence-corrected chi connectivity index (χ3v) is 4.72. The van der Waals surface area contributed by atoms with E-state index in [1.807, 2.05) is 18.2 Å². The van der Waals surface area contributed by atoms with Crippen LogP contribution < -0.4 is 16.0 Å². The second-order valence-corrected chi connectivity index (χ2v) is 6.54. The standard InChI is InChI=1S/C15H21BrF2N2O/c1-21-14-3-2-12(16)8-11(14)9-13(20-19)10-4-6-15(17,18)7-5-10/h2-3,8,10,13,20H,4-7,9,19H2,1H3. The molecule has 1 aliphatic rings. The molecule has 0 aromatic heterocycles. The number of alkyl halides is 2. The van der Waals surface area contributed by atoms with Gasteiger partial charge in [-0.2, -0.15) is 0 Å². The molecule has 2 rings (SSSR count). The van der Waals surface area contributed by atoms with Crippen LogP contribution in [0.15, 0.2) is 22.7 Å². The van der Waals surface area contributed by atoms with Crippen LogP contribution in [0.25, 0.3) is 0 Å². The van der Waals surface area contributed by atoms with E-state index >= 15 is 0 Å². The Labute approximate surface area is 132 Å². The fourth-order valence-corrected chi connectivity index (χ4v) is 3.38. The van der Waals surface area contributed by atoms with Gasteiger partial charge in [-0.1, -0.05) is 15.9 Å². The lowest BCUT2D eigenvalue weighted by Gasteiger charge is -2.33. The number of hydrogen-bond acceptors (Lipinski definition) is 3. The topological polar surface area (TPSA) is 47.3 Å². The number of benzene rings is 1. The molecule has 1 atom stereocenters. The molecule has 3 nitrogen and oxygen atoms in total. The van der Waals surface area contributed by atoms with Crippen molar-refractivity contribution in [2.24, 2.45) is 11.8 Å². The molecule has 1 unspecified atom stereocenters. The van der Waals surface area contributed by atoms with Crippen molar-refractivity contribution in [1.29, 1.82) is 0 Å².